The lowest BCUT2D eigenvalue weighted by Crippen LogP contribution is -2.56. The van der Waals surface area contributed by atoms with E-state index in [0.29, 0.717) is 31.2 Å². The molecule has 5 rings (SSSR count). The highest BCUT2D eigenvalue weighted by atomic mass is 19.3. The molecule has 1 unspecified atom stereocenters. The van der Waals surface area contributed by atoms with E-state index >= 15 is 0 Å². The molecule has 0 aromatic heterocycles. The first kappa shape index (κ1) is 18.9. The summed E-state index contributed by atoms with van der Waals surface area (Å²) in [6, 6.07) is 4.19. The molecule has 1 atom stereocenters. The highest BCUT2D eigenvalue weighted by Gasteiger charge is 2.74. The van der Waals surface area contributed by atoms with Gasteiger partial charge in [-0.3, -0.25) is 9.59 Å². The van der Waals surface area contributed by atoms with Crippen molar-refractivity contribution in [2.24, 2.45) is 0 Å². The first-order chi connectivity index (χ1) is 13.4. The van der Waals surface area contributed by atoms with Crippen LogP contribution in [0.15, 0.2) is 18.2 Å². The van der Waals surface area contributed by atoms with Crippen LogP contribution in [0, 0.1) is 0 Å². The minimum absolute atomic E-state index is 0.126. The first-order valence-corrected chi connectivity index (χ1v) is 9.98. The number of nitrogens with one attached hydrogen (secondary N) is 1. The average Bonchev–Trinajstić information content (AvgIpc) is 3.47. The molecule has 1 spiro atoms. The maximum Gasteiger partial charge on any atom is 0.260 e. The lowest BCUT2D eigenvalue weighted by Gasteiger charge is -2.41. The van der Waals surface area contributed by atoms with Crippen LogP contribution in [0.1, 0.15) is 60.5 Å². The van der Waals surface area contributed by atoms with Gasteiger partial charge in [-0.05, 0) is 49.8 Å². The molecule has 1 aromatic rings. The zero-order valence-corrected chi connectivity index (χ0v) is 16.1. The number of aliphatic hydroxyl groups is 1. The molecule has 3 fully saturated rings. The van der Waals surface area contributed by atoms with E-state index < -0.39 is 40.8 Å². The SMILES string of the molecule is C[C@]1(O)C[C@@H](NC(=O)CN2CC3(CC3(F)F)c3cc(C4(F)CC4)ccc3C2=O)C1. The van der Waals surface area contributed by atoms with Crippen molar-refractivity contribution in [3.05, 3.63) is 34.9 Å². The number of rotatable bonds is 4. The Hall–Kier alpha value is -2.09. The number of alkyl halides is 3. The molecule has 29 heavy (non-hydrogen) atoms. The molecule has 5 nitrogen and oxygen atoms in total. The minimum Gasteiger partial charge on any atom is -0.390 e. The standard InChI is InChI=1S/C21H23F3N2O3/c1-18(29)7-13(8-18)25-16(27)9-26-11-19(10-21(19,23)24)15-6-12(20(22)4-5-20)2-3-14(15)17(26)28/h2-3,6,13,29H,4-5,7-11H2,1H3,(H,25,27)/t13-,18+,19?. The molecule has 1 heterocycles. The Kier molecular flexibility index (Phi) is 3.61. The van der Waals surface area contributed by atoms with E-state index in [1.165, 1.54) is 18.2 Å². The fraction of sp³-hybridized carbons (Fsp3) is 0.619. The van der Waals surface area contributed by atoms with Gasteiger partial charge in [-0.15, -0.1) is 0 Å². The van der Waals surface area contributed by atoms with Gasteiger partial charge in [0, 0.05) is 24.6 Å². The number of amides is 2. The van der Waals surface area contributed by atoms with Gasteiger partial charge in [0.15, 0.2) is 0 Å². The lowest BCUT2D eigenvalue weighted by atomic mass is 9.77. The predicted octanol–water partition coefficient (Wildman–Crippen LogP) is 2.41. The maximum absolute atomic E-state index is 14.5. The van der Waals surface area contributed by atoms with Crippen molar-refractivity contribution in [2.75, 3.05) is 13.1 Å². The van der Waals surface area contributed by atoms with Gasteiger partial charge < -0.3 is 15.3 Å². The topological polar surface area (TPSA) is 69.6 Å². The molecule has 1 aromatic carbocycles. The molecule has 3 aliphatic carbocycles. The Morgan fingerprint density at radius 2 is 1.93 bits per heavy atom. The molecule has 4 aliphatic rings. The number of nitrogens with zero attached hydrogens (tertiary/aromatic N) is 1. The van der Waals surface area contributed by atoms with Crippen LogP contribution in [0.2, 0.25) is 0 Å². The normalized spacial score (nSPS) is 35.7. The van der Waals surface area contributed by atoms with Gasteiger partial charge >= 0.3 is 0 Å². The number of carbonyl (C=O) groups is 2. The second-order valence-corrected chi connectivity index (χ2v) is 9.52. The summed E-state index contributed by atoms with van der Waals surface area (Å²) in [6.45, 7) is 1.10. The van der Waals surface area contributed by atoms with Gasteiger partial charge in [-0.2, -0.15) is 0 Å². The molecule has 2 N–H and O–H groups in total. The van der Waals surface area contributed by atoms with Crippen LogP contribution in [0.5, 0.6) is 0 Å². The molecular formula is C21H23F3N2O3. The number of halogens is 3. The van der Waals surface area contributed by atoms with Gasteiger partial charge in [-0.25, -0.2) is 13.2 Å². The largest absolute Gasteiger partial charge is 0.390 e. The monoisotopic (exact) mass is 408 g/mol. The van der Waals surface area contributed by atoms with E-state index in [-0.39, 0.29) is 30.3 Å². The summed E-state index contributed by atoms with van der Waals surface area (Å²) in [5, 5.41) is 12.5. The van der Waals surface area contributed by atoms with Crippen molar-refractivity contribution in [1.29, 1.82) is 0 Å². The van der Waals surface area contributed by atoms with Crippen LogP contribution >= 0.6 is 0 Å². The van der Waals surface area contributed by atoms with Crippen LogP contribution < -0.4 is 5.32 Å². The minimum atomic E-state index is -2.99. The lowest BCUT2D eigenvalue weighted by molar-refractivity contribution is -0.125. The molecular weight excluding hydrogens is 385 g/mol. The molecule has 3 saturated carbocycles. The summed E-state index contributed by atoms with van der Waals surface area (Å²) in [6.07, 6.45) is 1.16. The maximum atomic E-state index is 14.5. The molecule has 156 valence electrons. The van der Waals surface area contributed by atoms with Crippen LogP contribution in [0.3, 0.4) is 0 Å². The van der Waals surface area contributed by atoms with E-state index in [9.17, 15) is 27.9 Å². The third kappa shape index (κ3) is 2.86. The van der Waals surface area contributed by atoms with Gasteiger partial charge in [0.2, 0.25) is 5.91 Å². The van der Waals surface area contributed by atoms with E-state index in [2.05, 4.69) is 5.32 Å². The summed E-state index contributed by atoms with van der Waals surface area (Å²) in [5.74, 6) is -3.91. The highest BCUT2D eigenvalue weighted by molar-refractivity contribution is 6.00. The molecule has 1 aliphatic heterocycles. The van der Waals surface area contributed by atoms with Gasteiger partial charge in [0.25, 0.3) is 11.8 Å². The third-order valence-corrected chi connectivity index (χ3v) is 6.89. The Morgan fingerprint density at radius 3 is 2.48 bits per heavy atom. The van der Waals surface area contributed by atoms with Crippen molar-refractivity contribution < 1.29 is 27.9 Å². The quantitative estimate of drug-likeness (QED) is 0.804. The van der Waals surface area contributed by atoms with Crippen molar-refractivity contribution in [3.8, 4) is 0 Å². The van der Waals surface area contributed by atoms with Crippen molar-refractivity contribution in [3.63, 3.8) is 0 Å². The molecule has 0 radical (unpaired) electrons. The van der Waals surface area contributed by atoms with Crippen LogP contribution in [0.4, 0.5) is 13.2 Å². The average molecular weight is 408 g/mol. The van der Waals surface area contributed by atoms with E-state index in [0.717, 1.165) is 4.90 Å². The second kappa shape index (κ2) is 5.53. The second-order valence-electron chi connectivity index (χ2n) is 9.52. The number of benzene rings is 1. The van der Waals surface area contributed by atoms with Crippen molar-refractivity contribution in [2.45, 2.75) is 67.7 Å². The fourth-order valence-corrected chi connectivity index (χ4v) is 4.93. The molecule has 8 heteroatoms. The summed E-state index contributed by atoms with van der Waals surface area (Å²) in [7, 11) is 0. The molecule has 0 saturated heterocycles. The predicted molar refractivity (Wildman–Crippen MR) is 97.4 cm³/mol. The summed E-state index contributed by atoms with van der Waals surface area (Å²) < 4.78 is 43.3. The van der Waals surface area contributed by atoms with Crippen LogP contribution in [-0.4, -0.2) is 52.5 Å². The fourth-order valence-electron chi connectivity index (χ4n) is 4.93. The number of carbonyl (C=O) groups excluding carboxylic acids is 2. The highest BCUT2D eigenvalue weighted by Crippen LogP contribution is 2.64. The summed E-state index contributed by atoms with van der Waals surface area (Å²) in [4.78, 5) is 26.4. The summed E-state index contributed by atoms with van der Waals surface area (Å²) >= 11 is 0. The zero-order valence-electron chi connectivity index (χ0n) is 16.1. The molecule has 2 amide bonds. The smallest absolute Gasteiger partial charge is 0.260 e. The van der Waals surface area contributed by atoms with E-state index in [4.69, 9.17) is 0 Å². The first-order valence-electron chi connectivity index (χ1n) is 9.98. The van der Waals surface area contributed by atoms with Gasteiger partial charge in [0.1, 0.15) is 5.67 Å². The third-order valence-electron chi connectivity index (χ3n) is 6.89. The van der Waals surface area contributed by atoms with E-state index in [1.54, 1.807) is 6.92 Å². The van der Waals surface area contributed by atoms with Crippen LogP contribution in [0.25, 0.3) is 0 Å². The van der Waals surface area contributed by atoms with Crippen LogP contribution in [-0.2, 0) is 15.9 Å². The Bertz CT molecular complexity index is 920. The summed E-state index contributed by atoms with van der Waals surface area (Å²) in [5.41, 5.74) is -3.12. The number of hydrogen-bond acceptors (Lipinski definition) is 3. The van der Waals surface area contributed by atoms with Gasteiger partial charge in [-0.1, -0.05) is 12.1 Å². The Labute approximate surface area is 166 Å². The number of hydrogen-bond donors (Lipinski definition) is 2. The van der Waals surface area contributed by atoms with Crippen molar-refractivity contribution in [1.82, 2.24) is 10.2 Å². The van der Waals surface area contributed by atoms with Crippen molar-refractivity contribution >= 4 is 11.8 Å². The number of fused-ring (bicyclic) bond motifs is 2. The Balaban J connectivity index is 1.38. The molecule has 0 bridgehead atoms. The zero-order chi connectivity index (χ0) is 20.8. The van der Waals surface area contributed by atoms with Gasteiger partial charge in [0.05, 0.1) is 17.6 Å². The van der Waals surface area contributed by atoms with E-state index in [1.807, 2.05) is 0 Å². The Morgan fingerprint density at radius 1 is 1.28 bits per heavy atom.